The minimum absolute atomic E-state index is 0.0661. The van der Waals surface area contributed by atoms with Crippen LogP contribution in [0.2, 0.25) is 0 Å². The summed E-state index contributed by atoms with van der Waals surface area (Å²) in [6.07, 6.45) is 6.36. The standard InChI is InChI=1S/C38H45N3O8/c1-24(2)40-20-12-6-11-17-30(43)39-28(23-47-3)33(26-15-9-5-10-16-26)48-37(46)31-29-18-19-38(49-29)32(31)35(44)41(34(38)36(40)45)27(22-42)21-25-13-7-4-8-14-25/h4-10,12-16,18-19,24,27-29,31-34,42H,11,17,20-23H2,1-3H3,(H,39,43)/b12-6-/t27-,28+,29-,31+,32+,33+,34-,38+/m1/s1. The molecule has 11 heteroatoms. The van der Waals surface area contributed by atoms with Crippen LogP contribution in [0.4, 0.5) is 0 Å². The molecule has 3 amide bonds. The van der Waals surface area contributed by atoms with Crippen molar-refractivity contribution in [1.29, 1.82) is 0 Å². The molecule has 0 unspecified atom stereocenters. The second kappa shape index (κ2) is 14.7. The van der Waals surface area contributed by atoms with Crippen molar-refractivity contribution < 1.29 is 38.5 Å². The van der Waals surface area contributed by atoms with E-state index in [0.717, 1.165) is 5.56 Å². The molecule has 0 aromatic heterocycles. The Kier molecular flexibility index (Phi) is 10.3. The van der Waals surface area contributed by atoms with E-state index in [4.69, 9.17) is 14.2 Å². The summed E-state index contributed by atoms with van der Waals surface area (Å²) >= 11 is 0. The number of nitrogens with zero attached hydrogens (tertiary/aromatic N) is 2. The molecular weight excluding hydrogens is 626 g/mol. The molecule has 260 valence electrons. The summed E-state index contributed by atoms with van der Waals surface area (Å²) < 4.78 is 18.3. The Labute approximate surface area is 286 Å². The van der Waals surface area contributed by atoms with Gasteiger partial charge in [0.15, 0.2) is 0 Å². The van der Waals surface area contributed by atoms with Gasteiger partial charge in [-0.15, -0.1) is 0 Å². The molecule has 5 bridgehead atoms. The van der Waals surface area contributed by atoms with E-state index in [1.165, 1.54) is 12.0 Å². The molecular formula is C38H45N3O8. The van der Waals surface area contributed by atoms with E-state index >= 15 is 0 Å². The first-order chi connectivity index (χ1) is 23.7. The maximum absolute atomic E-state index is 14.8. The van der Waals surface area contributed by atoms with Crippen LogP contribution in [0, 0.1) is 11.8 Å². The summed E-state index contributed by atoms with van der Waals surface area (Å²) in [6, 6.07) is 15.7. The van der Waals surface area contributed by atoms with Crippen LogP contribution in [0.15, 0.2) is 85.0 Å². The fraction of sp³-hybridized carbons (Fsp3) is 0.474. The third kappa shape index (κ3) is 6.54. The van der Waals surface area contributed by atoms with Crippen LogP contribution in [-0.4, -0.2) is 101 Å². The predicted octanol–water partition coefficient (Wildman–Crippen LogP) is 2.74. The Morgan fingerprint density at radius 2 is 1.71 bits per heavy atom. The topological polar surface area (TPSA) is 135 Å². The Morgan fingerprint density at radius 3 is 2.39 bits per heavy atom. The molecule has 0 radical (unpaired) electrons. The molecule has 0 aliphatic carbocycles. The van der Waals surface area contributed by atoms with Crippen LogP contribution < -0.4 is 5.32 Å². The summed E-state index contributed by atoms with van der Waals surface area (Å²) in [7, 11) is 1.51. The quantitative estimate of drug-likeness (QED) is 0.323. The molecule has 6 rings (SSSR count). The lowest BCUT2D eigenvalue weighted by atomic mass is 9.74. The summed E-state index contributed by atoms with van der Waals surface area (Å²) in [5.41, 5.74) is 0.0928. The minimum Gasteiger partial charge on any atom is -0.455 e. The Hall–Kier alpha value is -4.32. The van der Waals surface area contributed by atoms with Crippen molar-refractivity contribution in [2.75, 3.05) is 26.9 Å². The second-order valence-corrected chi connectivity index (χ2v) is 13.5. The molecule has 2 fully saturated rings. The Morgan fingerprint density at radius 1 is 1.00 bits per heavy atom. The summed E-state index contributed by atoms with van der Waals surface area (Å²) in [6.45, 7) is 3.70. The highest BCUT2D eigenvalue weighted by Gasteiger charge is 2.74. The molecule has 2 N–H and O–H groups in total. The lowest BCUT2D eigenvalue weighted by molar-refractivity contribution is -0.163. The number of cyclic esters (lactones) is 1. The molecule has 4 heterocycles. The third-order valence-corrected chi connectivity index (χ3v) is 10.1. The second-order valence-electron chi connectivity index (χ2n) is 13.5. The average Bonchev–Trinajstić information content (AvgIpc) is 3.75. The summed E-state index contributed by atoms with van der Waals surface area (Å²) in [5.74, 6) is -3.84. The van der Waals surface area contributed by atoms with Gasteiger partial charge >= 0.3 is 5.97 Å². The Bertz CT molecular complexity index is 1580. The molecule has 49 heavy (non-hydrogen) atoms. The first kappa shape index (κ1) is 34.5. The fourth-order valence-electron chi connectivity index (χ4n) is 7.81. The number of hydrogen-bond acceptors (Lipinski definition) is 8. The van der Waals surface area contributed by atoms with Gasteiger partial charge in [-0.25, -0.2) is 0 Å². The average molecular weight is 672 g/mol. The number of aliphatic hydroxyl groups is 1. The molecule has 8 atom stereocenters. The van der Waals surface area contributed by atoms with Crippen LogP contribution in [0.3, 0.4) is 0 Å². The molecule has 1 spiro atoms. The monoisotopic (exact) mass is 671 g/mol. The molecule has 4 aliphatic heterocycles. The number of likely N-dealkylation sites (tertiary alicyclic amines) is 1. The number of esters is 1. The fourth-order valence-corrected chi connectivity index (χ4v) is 7.81. The van der Waals surface area contributed by atoms with Crippen LogP contribution in [-0.2, 0) is 39.8 Å². The summed E-state index contributed by atoms with van der Waals surface area (Å²) in [4.78, 5) is 60.3. The van der Waals surface area contributed by atoms with E-state index in [1.807, 2.05) is 86.7 Å². The number of methoxy groups -OCH3 is 1. The van der Waals surface area contributed by atoms with E-state index in [2.05, 4.69) is 5.32 Å². The zero-order valence-corrected chi connectivity index (χ0v) is 28.1. The van der Waals surface area contributed by atoms with Crippen LogP contribution >= 0.6 is 0 Å². The smallest absolute Gasteiger partial charge is 0.313 e. The maximum Gasteiger partial charge on any atom is 0.313 e. The largest absolute Gasteiger partial charge is 0.455 e. The van der Waals surface area contributed by atoms with Gasteiger partial charge in [0.1, 0.15) is 23.7 Å². The van der Waals surface area contributed by atoms with Gasteiger partial charge in [-0.3, -0.25) is 19.2 Å². The van der Waals surface area contributed by atoms with Gasteiger partial charge in [-0.05, 0) is 37.8 Å². The number of rotatable bonds is 8. The maximum atomic E-state index is 14.8. The first-order valence-electron chi connectivity index (χ1n) is 17.0. The van der Waals surface area contributed by atoms with Gasteiger partial charge in [0.25, 0.3) is 0 Å². The van der Waals surface area contributed by atoms with E-state index in [9.17, 15) is 24.3 Å². The summed E-state index contributed by atoms with van der Waals surface area (Å²) in [5, 5.41) is 13.8. The van der Waals surface area contributed by atoms with Gasteiger partial charge < -0.3 is 34.4 Å². The zero-order chi connectivity index (χ0) is 34.7. The number of carbonyl (C=O) groups excluding carboxylic acids is 4. The lowest BCUT2D eigenvalue weighted by Crippen LogP contribution is -2.59. The van der Waals surface area contributed by atoms with Crippen molar-refractivity contribution in [3.63, 3.8) is 0 Å². The highest BCUT2D eigenvalue weighted by molar-refractivity contribution is 5.99. The van der Waals surface area contributed by atoms with Gasteiger partial charge in [0.05, 0.1) is 37.3 Å². The highest BCUT2D eigenvalue weighted by Crippen LogP contribution is 2.56. The van der Waals surface area contributed by atoms with Crippen molar-refractivity contribution in [2.45, 2.75) is 75.1 Å². The van der Waals surface area contributed by atoms with Crippen molar-refractivity contribution in [3.8, 4) is 0 Å². The molecule has 4 aliphatic rings. The number of fused-ring (bicyclic) bond motifs is 2. The van der Waals surface area contributed by atoms with Gasteiger partial charge in [-0.1, -0.05) is 85.0 Å². The van der Waals surface area contributed by atoms with Crippen LogP contribution in [0.1, 0.15) is 43.9 Å². The lowest BCUT2D eigenvalue weighted by Gasteiger charge is -2.40. The van der Waals surface area contributed by atoms with Gasteiger partial charge in [-0.2, -0.15) is 0 Å². The van der Waals surface area contributed by atoms with E-state index in [0.29, 0.717) is 18.4 Å². The van der Waals surface area contributed by atoms with E-state index in [1.54, 1.807) is 17.1 Å². The number of aliphatic hydroxyl groups excluding tert-OH is 1. The first-order valence-corrected chi connectivity index (χ1v) is 17.0. The molecule has 2 aromatic carbocycles. The van der Waals surface area contributed by atoms with Crippen molar-refractivity contribution in [1.82, 2.24) is 15.1 Å². The third-order valence-electron chi connectivity index (χ3n) is 10.1. The van der Waals surface area contributed by atoms with Crippen molar-refractivity contribution in [3.05, 3.63) is 96.1 Å². The predicted molar refractivity (Wildman–Crippen MR) is 180 cm³/mol. The number of amides is 3. The molecule has 2 aromatic rings. The number of allylic oxidation sites excluding steroid dienone is 1. The number of hydrogen-bond donors (Lipinski definition) is 2. The minimum atomic E-state index is -1.44. The van der Waals surface area contributed by atoms with Gasteiger partial charge in [0, 0.05) is 26.1 Å². The SMILES string of the molecule is COC[C@@H]1NC(=O)CC/C=C\CN(C(C)C)C(=O)[C@H]2N([C@@H](CO)Cc3ccccc3)C(=O)[C@@H]3[C@@H](C(=O)O[C@H]1c1ccccc1)[C@H]1C=C[C@]32O1. The molecule has 0 saturated carbocycles. The van der Waals surface area contributed by atoms with Gasteiger partial charge in [0.2, 0.25) is 17.7 Å². The number of ether oxygens (including phenoxy) is 3. The van der Waals surface area contributed by atoms with E-state index in [-0.39, 0.29) is 37.4 Å². The highest BCUT2D eigenvalue weighted by atomic mass is 16.6. The Balaban J connectivity index is 1.45. The van der Waals surface area contributed by atoms with Crippen molar-refractivity contribution in [2.24, 2.45) is 11.8 Å². The molecule has 11 nitrogen and oxygen atoms in total. The number of benzene rings is 2. The van der Waals surface area contributed by atoms with Crippen molar-refractivity contribution >= 4 is 23.7 Å². The zero-order valence-electron chi connectivity index (χ0n) is 28.1. The normalized spacial score (nSPS) is 31.5. The van der Waals surface area contributed by atoms with Crippen LogP contribution in [0.25, 0.3) is 0 Å². The van der Waals surface area contributed by atoms with E-state index < -0.39 is 66.3 Å². The number of carbonyl (C=O) groups is 4. The van der Waals surface area contributed by atoms with Crippen LogP contribution in [0.5, 0.6) is 0 Å². The molecule has 2 saturated heterocycles. The number of nitrogens with one attached hydrogen (secondary N) is 1.